The van der Waals surface area contributed by atoms with Gasteiger partial charge in [0.25, 0.3) is 0 Å². The number of carbonyl (C=O) groups excluding carboxylic acids is 1. The van der Waals surface area contributed by atoms with Gasteiger partial charge in [-0.1, -0.05) is 91.0 Å². The fourth-order valence-corrected chi connectivity index (χ4v) is 4.69. The molecule has 0 saturated heterocycles. The molecular weight excluding hydrogens is 434 g/mol. The molecule has 4 aromatic carbocycles. The van der Waals surface area contributed by atoms with Crippen LogP contribution in [0.3, 0.4) is 0 Å². The Kier molecular flexibility index (Phi) is 7.84. The van der Waals surface area contributed by atoms with E-state index in [0.29, 0.717) is 19.4 Å². The average Bonchev–Trinajstić information content (AvgIpc) is 2.93. The molecule has 1 N–H and O–H groups in total. The van der Waals surface area contributed by atoms with Gasteiger partial charge < -0.3 is 14.8 Å². The van der Waals surface area contributed by atoms with E-state index in [1.165, 1.54) is 0 Å². The highest BCUT2D eigenvalue weighted by molar-refractivity contribution is 5.80. The lowest BCUT2D eigenvalue weighted by atomic mass is 9.67. The Hall–Kier alpha value is -4.05. The summed E-state index contributed by atoms with van der Waals surface area (Å²) in [5.41, 5.74) is 3.64. The third-order valence-electron chi connectivity index (χ3n) is 6.43. The zero-order chi connectivity index (χ0) is 24.5. The summed E-state index contributed by atoms with van der Waals surface area (Å²) in [6.45, 7) is 0.497. The molecule has 0 heterocycles. The number of hydrogen-bond donors (Lipinski definition) is 1. The van der Waals surface area contributed by atoms with Crippen LogP contribution >= 0.6 is 0 Å². The minimum Gasteiger partial charge on any atom is -0.497 e. The summed E-state index contributed by atoms with van der Waals surface area (Å²) in [6.07, 6.45) is 0.932. The molecule has 0 saturated carbocycles. The van der Waals surface area contributed by atoms with Crippen molar-refractivity contribution in [3.8, 4) is 11.5 Å². The number of nitrogens with one attached hydrogen (secondary N) is 1. The predicted octanol–water partition coefficient (Wildman–Crippen LogP) is 5.79. The van der Waals surface area contributed by atoms with Crippen molar-refractivity contribution in [2.45, 2.75) is 18.3 Å². The standard InChI is InChI=1S/C31H31NO3/c1-34-28-18-19-29(35-2)24(22-28)20-21-32-30(33)23-31(25-12-6-3-7-13-25,26-14-8-4-9-15-26)27-16-10-5-11-17-27/h3-19,22H,20-21,23H2,1-2H3,(H,32,33). The van der Waals surface area contributed by atoms with Crippen LogP contribution in [0.5, 0.6) is 11.5 Å². The maximum absolute atomic E-state index is 13.5. The van der Waals surface area contributed by atoms with Crippen LogP contribution < -0.4 is 14.8 Å². The van der Waals surface area contributed by atoms with Gasteiger partial charge in [-0.2, -0.15) is 0 Å². The minimum absolute atomic E-state index is 0.0107. The fourth-order valence-electron chi connectivity index (χ4n) is 4.69. The molecular formula is C31H31NO3. The molecule has 0 fully saturated rings. The van der Waals surface area contributed by atoms with Crippen molar-refractivity contribution in [3.63, 3.8) is 0 Å². The van der Waals surface area contributed by atoms with E-state index in [-0.39, 0.29) is 5.91 Å². The first-order valence-electron chi connectivity index (χ1n) is 11.8. The van der Waals surface area contributed by atoms with Gasteiger partial charge in [0.1, 0.15) is 11.5 Å². The maximum atomic E-state index is 13.5. The molecule has 178 valence electrons. The van der Waals surface area contributed by atoms with Crippen LogP contribution in [0.25, 0.3) is 0 Å². The highest BCUT2D eigenvalue weighted by Crippen LogP contribution is 2.42. The number of methoxy groups -OCH3 is 2. The van der Waals surface area contributed by atoms with Crippen molar-refractivity contribution in [1.29, 1.82) is 0 Å². The Bertz CT molecular complexity index is 1130. The van der Waals surface area contributed by atoms with Gasteiger partial charge in [0, 0.05) is 13.0 Å². The third kappa shape index (κ3) is 5.38. The van der Waals surface area contributed by atoms with Gasteiger partial charge in [0.05, 0.1) is 19.6 Å². The lowest BCUT2D eigenvalue weighted by Crippen LogP contribution is -2.37. The highest BCUT2D eigenvalue weighted by atomic mass is 16.5. The lowest BCUT2D eigenvalue weighted by molar-refractivity contribution is -0.121. The number of hydrogen-bond acceptors (Lipinski definition) is 3. The quantitative estimate of drug-likeness (QED) is 0.302. The molecule has 0 aliphatic rings. The van der Waals surface area contributed by atoms with E-state index in [4.69, 9.17) is 9.47 Å². The van der Waals surface area contributed by atoms with Crippen LogP contribution in [0.1, 0.15) is 28.7 Å². The SMILES string of the molecule is COc1ccc(OC)c(CCNC(=O)CC(c2ccccc2)(c2ccccc2)c2ccccc2)c1. The van der Waals surface area contributed by atoms with E-state index >= 15 is 0 Å². The Morgan fingerprint density at radius 3 is 1.69 bits per heavy atom. The highest BCUT2D eigenvalue weighted by Gasteiger charge is 2.38. The molecule has 0 spiro atoms. The molecule has 0 aromatic heterocycles. The summed E-state index contributed by atoms with van der Waals surface area (Å²) in [4.78, 5) is 13.5. The first-order chi connectivity index (χ1) is 17.2. The van der Waals surface area contributed by atoms with Crippen LogP contribution in [0.15, 0.2) is 109 Å². The summed E-state index contributed by atoms with van der Waals surface area (Å²) >= 11 is 0. The Balaban J connectivity index is 1.63. The molecule has 0 aliphatic heterocycles. The average molecular weight is 466 g/mol. The van der Waals surface area contributed by atoms with Crippen LogP contribution in [-0.4, -0.2) is 26.7 Å². The van der Waals surface area contributed by atoms with Crippen molar-refractivity contribution < 1.29 is 14.3 Å². The maximum Gasteiger partial charge on any atom is 0.221 e. The third-order valence-corrected chi connectivity index (χ3v) is 6.43. The minimum atomic E-state index is -0.610. The summed E-state index contributed by atoms with van der Waals surface area (Å²) < 4.78 is 10.8. The fraction of sp³-hybridized carbons (Fsp3) is 0.194. The molecule has 4 rings (SSSR count). The first-order valence-corrected chi connectivity index (χ1v) is 11.8. The largest absolute Gasteiger partial charge is 0.497 e. The molecule has 0 atom stereocenters. The van der Waals surface area contributed by atoms with Gasteiger partial charge in [-0.25, -0.2) is 0 Å². The number of amides is 1. The second-order valence-electron chi connectivity index (χ2n) is 8.46. The van der Waals surface area contributed by atoms with Crippen molar-refractivity contribution in [2.24, 2.45) is 0 Å². The molecule has 0 radical (unpaired) electrons. The monoisotopic (exact) mass is 465 g/mol. The molecule has 4 aromatic rings. The van der Waals surface area contributed by atoms with Crippen molar-refractivity contribution >= 4 is 5.91 Å². The smallest absolute Gasteiger partial charge is 0.221 e. The van der Waals surface area contributed by atoms with E-state index in [9.17, 15) is 4.79 Å². The van der Waals surface area contributed by atoms with E-state index in [2.05, 4.69) is 41.7 Å². The second kappa shape index (κ2) is 11.4. The Morgan fingerprint density at radius 1 is 0.714 bits per heavy atom. The molecule has 4 heteroatoms. The lowest BCUT2D eigenvalue weighted by Gasteiger charge is -2.35. The molecule has 4 nitrogen and oxygen atoms in total. The van der Waals surface area contributed by atoms with Crippen LogP contribution in [-0.2, 0) is 16.6 Å². The molecule has 0 unspecified atom stereocenters. The van der Waals surface area contributed by atoms with Crippen LogP contribution in [0, 0.1) is 0 Å². The number of ether oxygens (including phenoxy) is 2. The normalized spacial score (nSPS) is 11.0. The number of carbonyl (C=O) groups is 1. The van der Waals surface area contributed by atoms with Gasteiger partial charge in [-0.3, -0.25) is 4.79 Å². The zero-order valence-corrected chi connectivity index (χ0v) is 20.2. The Labute approximate surface area is 207 Å². The van der Waals surface area contributed by atoms with E-state index < -0.39 is 5.41 Å². The van der Waals surface area contributed by atoms with Gasteiger partial charge in [0.15, 0.2) is 0 Å². The van der Waals surface area contributed by atoms with E-state index in [0.717, 1.165) is 33.8 Å². The molecule has 0 aliphatic carbocycles. The number of benzene rings is 4. The summed E-state index contributed by atoms with van der Waals surface area (Å²) in [6, 6.07) is 36.5. The van der Waals surface area contributed by atoms with Crippen LogP contribution in [0.2, 0.25) is 0 Å². The summed E-state index contributed by atoms with van der Waals surface area (Å²) in [5, 5.41) is 3.15. The van der Waals surface area contributed by atoms with Gasteiger partial charge >= 0.3 is 0 Å². The molecule has 1 amide bonds. The van der Waals surface area contributed by atoms with Gasteiger partial charge in [-0.15, -0.1) is 0 Å². The summed E-state index contributed by atoms with van der Waals surface area (Å²) in [7, 11) is 3.29. The first kappa shape index (κ1) is 24.1. The summed E-state index contributed by atoms with van der Waals surface area (Å²) in [5.74, 6) is 1.54. The predicted molar refractivity (Wildman–Crippen MR) is 140 cm³/mol. The second-order valence-corrected chi connectivity index (χ2v) is 8.46. The zero-order valence-electron chi connectivity index (χ0n) is 20.2. The van der Waals surface area contributed by atoms with Crippen molar-refractivity contribution in [3.05, 3.63) is 131 Å². The van der Waals surface area contributed by atoms with E-state index in [1.54, 1.807) is 14.2 Å². The molecule has 0 bridgehead atoms. The molecule has 35 heavy (non-hydrogen) atoms. The van der Waals surface area contributed by atoms with Gasteiger partial charge in [0.2, 0.25) is 5.91 Å². The van der Waals surface area contributed by atoms with E-state index in [1.807, 2.05) is 72.8 Å². The Morgan fingerprint density at radius 2 is 1.23 bits per heavy atom. The van der Waals surface area contributed by atoms with Crippen molar-refractivity contribution in [2.75, 3.05) is 20.8 Å². The number of rotatable bonds is 10. The van der Waals surface area contributed by atoms with Gasteiger partial charge in [-0.05, 0) is 46.9 Å². The van der Waals surface area contributed by atoms with Crippen LogP contribution in [0.4, 0.5) is 0 Å². The topological polar surface area (TPSA) is 47.6 Å². The van der Waals surface area contributed by atoms with Crippen molar-refractivity contribution in [1.82, 2.24) is 5.32 Å².